The molecule has 0 amide bonds. The number of ether oxygens (including phenoxy) is 3. The first-order valence-electron chi connectivity index (χ1n) is 10.0. The number of hydrogen-bond donors (Lipinski definition) is 2. The number of phenolic OH excluding ortho intramolecular Hbond substituents is 2. The van der Waals surface area contributed by atoms with Gasteiger partial charge in [-0.15, -0.1) is 0 Å². The highest BCUT2D eigenvalue weighted by atomic mass is 16.5. The van der Waals surface area contributed by atoms with Crippen LogP contribution in [0.2, 0.25) is 0 Å². The van der Waals surface area contributed by atoms with Gasteiger partial charge in [-0.3, -0.25) is 9.59 Å². The molecule has 0 aromatic heterocycles. The summed E-state index contributed by atoms with van der Waals surface area (Å²) >= 11 is 0. The number of carbonyl (C=O) groups excluding carboxylic acids is 2. The summed E-state index contributed by atoms with van der Waals surface area (Å²) in [6.07, 6.45) is 1.01. The van der Waals surface area contributed by atoms with Gasteiger partial charge in [-0.1, -0.05) is 0 Å². The molecule has 1 aliphatic heterocycles. The fourth-order valence-corrected chi connectivity index (χ4v) is 3.95. The summed E-state index contributed by atoms with van der Waals surface area (Å²) < 4.78 is 16.7. The maximum absolute atomic E-state index is 13.5. The van der Waals surface area contributed by atoms with Crippen LogP contribution in [0.3, 0.4) is 0 Å². The Morgan fingerprint density at radius 1 is 1.23 bits per heavy atom. The molecule has 0 fully saturated rings. The van der Waals surface area contributed by atoms with Crippen molar-refractivity contribution in [3.8, 4) is 23.0 Å². The molecule has 0 saturated heterocycles. The van der Waals surface area contributed by atoms with E-state index in [9.17, 15) is 19.8 Å². The molecule has 7 nitrogen and oxygen atoms in total. The number of benzene rings is 2. The molecule has 0 unspecified atom stereocenters. The predicted molar refractivity (Wildman–Crippen MR) is 112 cm³/mol. The van der Waals surface area contributed by atoms with E-state index < -0.39 is 5.41 Å². The molecule has 162 valence electrons. The van der Waals surface area contributed by atoms with Crippen LogP contribution in [0, 0.1) is 12.3 Å². The molecular weight excluding hydrogens is 388 g/mol. The van der Waals surface area contributed by atoms with E-state index in [4.69, 9.17) is 14.2 Å². The third-order valence-corrected chi connectivity index (χ3v) is 5.55. The fraction of sp³-hybridized carbons (Fsp3) is 0.478. The molecule has 0 bridgehead atoms. The van der Waals surface area contributed by atoms with Gasteiger partial charge in [0, 0.05) is 17.4 Å². The van der Waals surface area contributed by atoms with Gasteiger partial charge in [-0.25, -0.2) is 0 Å². The molecule has 7 heteroatoms. The van der Waals surface area contributed by atoms with Gasteiger partial charge in [-0.05, 0) is 58.1 Å². The highest BCUT2D eigenvalue weighted by Gasteiger charge is 2.43. The Morgan fingerprint density at radius 2 is 1.87 bits per heavy atom. The molecule has 1 aliphatic rings. The largest absolute Gasteiger partial charge is 0.504 e. The van der Waals surface area contributed by atoms with Crippen LogP contribution >= 0.6 is 0 Å². The summed E-state index contributed by atoms with van der Waals surface area (Å²) in [6, 6.07) is 2.82. The van der Waals surface area contributed by atoms with Crippen LogP contribution in [-0.4, -0.2) is 41.8 Å². The van der Waals surface area contributed by atoms with Crippen molar-refractivity contribution in [2.24, 2.45) is 5.41 Å². The number of phenols is 2. The second-order valence-corrected chi connectivity index (χ2v) is 8.32. The van der Waals surface area contributed by atoms with Crippen molar-refractivity contribution < 1.29 is 34.0 Å². The van der Waals surface area contributed by atoms with Crippen molar-refractivity contribution in [1.82, 2.24) is 0 Å². The average molecular weight is 416 g/mol. The van der Waals surface area contributed by atoms with Crippen LogP contribution in [-0.2, 0) is 9.53 Å². The molecule has 0 saturated carbocycles. The minimum atomic E-state index is -0.822. The Morgan fingerprint density at radius 3 is 2.47 bits per heavy atom. The maximum Gasteiger partial charge on any atom is 0.306 e. The van der Waals surface area contributed by atoms with Gasteiger partial charge >= 0.3 is 5.97 Å². The van der Waals surface area contributed by atoms with Crippen LogP contribution in [0.15, 0.2) is 12.1 Å². The van der Waals surface area contributed by atoms with E-state index >= 15 is 0 Å². The van der Waals surface area contributed by atoms with Crippen molar-refractivity contribution in [1.29, 1.82) is 0 Å². The zero-order chi connectivity index (χ0) is 22.2. The Hall–Kier alpha value is -2.96. The predicted octanol–water partition coefficient (Wildman–Crippen LogP) is 4.27. The quantitative estimate of drug-likeness (QED) is 0.535. The van der Waals surface area contributed by atoms with E-state index in [2.05, 4.69) is 0 Å². The number of ketones is 1. The molecule has 0 aliphatic carbocycles. The SMILES string of the molecule is COc1c2c(c(C)c3cc(O)c(O)cc13)OC[C@@](C)(CCCC(=O)OC(C)C)C2=O. The fourth-order valence-electron chi connectivity index (χ4n) is 3.95. The zero-order valence-electron chi connectivity index (χ0n) is 18.0. The van der Waals surface area contributed by atoms with Crippen molar-refractivity contribution in [3.63, 3.8) is 0 Å². The van der Waals surface area contributed by atoms with E-state index in [1.54, 1.807) is 20.8 Å². The molecule has 30 heavy (non-hydrogen) atoms. The maximum atomic E-state index is 13.5. The lowest BCUT2D eigenvalue weighted by molar-refractivity contribution is -0.147. The molecule has 1 heterocycles. The second kappa shape index (κ2) is 8.05. The third-order valence-electron chi connectivity index (χ3n) is 5.55. The first-order valence-corrected chi connectivity index (χ1v) is 10.0. The Balaban J connectivity index is 1.97. The van der Waals surface area contributed by atoms with E-state index in [-0.39, 0.29) is 42.4 Å². The summed E-state index contributed by atoms with van der Waals surface area (Å²) in [7, 11) is 1.45. The average Bonchev–Trinajstić information content (AvgIpc) is 2.66. The number of aryl methyl sites for hydroxylation is 1. The van der Waals surface area contributed by atoms with Crippen LogP contribution in [0.1, 0.15) is 56.0 Å². The van der Waals surface area contributed by atoms with Gasteiger partial charge in [0.1, 0.15) is 23.7 Å². The van der Waals surface area contributed by atoms with Gasteiger partial charge in [0.25, 0.3) is 0 Å². The number of hydrogen-bond acceptors (Lipinski definition) is 7. The minimum Gasteiger partial charge on any atom is -0.504 e. The van der Waals surface area contributed by atoms with Crippen LogP contribution in [0.4, 0.5) is 0 Å². The first kappa shape index (κ1) is 21.7. The number of fused-ring (bicyclic) bond motifs is 2. The molecule has 1 atom stereocenters. The van der Waals surface area contributed by atoms with E-state index in [0.717, 1.165) is 0 Å². The number of rotatable bonds is 6. The van der Waals surface area contributed by atoms with Gasteiger partial charge in [-0.2, -0.15) is 0 Å². The summed E-state index contributed by atoms with van der Waals surface area (Å²) in [5.74, 6) is -0.242. The third kappa shape index (κ3) is 3.76. The van der Waals surface area contributed by atoms with Gasteiger partial charge in [0.15, 0.2) is 17.3 Å². The molecule has 2 N–H and O–H groups in total. The van der Waals surface area contributed by atoms with Crippen LogP contribution < -0.4 is 9.47 Å². The van der Waals surface area contributed by atoms with Crippen LogP contribution in [0.5, 0.6) is 23.0 Å². The minimum absolute atomic E-state index is 0.129. The topological polar surface area (TPSA) is 102 Å². The normalized spacial score (nSPS) is 18.3. The second-order valence-electron chi connectivity index (χ2n) is 8.32. The number of esters is 1. The van der Waals surface area contributed by atoms with Crippen molar-refractivity contribution in [2.45, 2.75) is 53.1 Å². The summed E-state index contributed by atoms with van der Waals surface area (Å²) in [6.45, 7) is 7.39. The van der Waals surface area contributed by atoms with E-state index in [0.29, 0.717) is 46.2 Å². The molecular formula is C23H28O7. The van der Waals surface area contributed by atoms with Gasteiger partial charge in [0.2, 0.25) is 0 Å². The smallest absolute Gasteiger partial charge is 0.306 e. The summed E-state index contributed by atoms with van der Waals surface area (Å²) in [5.41, 5.74) is 0.190. The summed E-state index contributed by atoms with van der Waals surface area (Å²) in [5, 5.41) is 21.0. The molecule has 0 radical (unpaired) electrons. The lowest BCUT2D eigenvalue weighted by Crippen LogP contribution is -2.39. The monoisotopic (exact) mass is 416 g/mol. The Labute approximate surface area is 175 Å². The van der Waals surface area contributed by atoms with Crippen molar-refractivity contribution >= 4 is 22.5 Å². The number of aromatic hydroxyl groups is 2. The first-order chi connectivity index (χ1) is 14.1. The molecule has 3 rings (SSSR count). The van der Waals surface area contributed by atoms with Crippen LogP contribution in [0.25, 0.3) is 10.8 Å². The molecule has 2 aromatic carbocycles. The van der Waals surface area contributed by atoms with Crippen molar-refractivity contribution in [3.05, 3.63) is 23.3 Å². The van der Waals surface area contributed by atoms with Gasteiger partial charge in [0.05, 0.1) is 18.6 Å². The number of methoxy groups -OCH3 is 1. The molecule has 0 spiro atoms. The van der Waals surface area contributed by atoms with Crippen molar-refractivity contribution in [2.75, 3.05) is 13.7 Å². The zero-order valence-corrected chi connectivity index (χ0v) is 18.0. The van der Waals surface area contributed by atoms with Gasteiger partial charge < -0.3 is 24.4 Å². The molecule has 2 aromatic rings. The van der Waals surface area contributed by atoms with E-state index in [1.807, 2.05) is 6.92 Å². The lowest BCUT2D eigenvalue weighted by atomic mass is 9.75. The number of carbonyl (C=O) groups is 2. The summed E-state index contributed by atoms with van der Waals surface area (Å²) in [4.78, 5) is 25.4. The van der Waals surface area contributed by atoms with E-state index in [1.165, 1.54) is 19.2 Å². The standard InChI is InChI=1S/C23H28O7/c1-12(2)30-18(26)7-6-8-23(4)11-29-20-13(3)14-9-16(24)17(25)10-15(14)21(28-5)19(20)22(23)27/h9-10,12,24-25H,6-8,11H2,1-5H3/t23-/m1/s1. The highest BCUT2D eigenvalue weighted by Crippen LogP contribution is 2.49. The lowest BCUT2D eigenvalue weighted by Gasteiger charge is -2.35. The Kier molecular flexibility index (Phi) is 5.83. The highest BCUT2D eigenvalue weighted by molar-refractivity contribution is 6.12. The number of Topliss-reactive ketones (excluding diaryl/α,β-unsaturated/α-hetero) is 1. The Bertz CT molecular complexity index is 1010.